The lowest BCUT2D eigenvalue weighted by molar-refractivity contribution is 0.0520. The van der Waals surface area contributed by atoms with Crippen LogP contribution in [0.3, 0.4) is 0 Å². The number of esters is 1. The van der Waals surface area contributed by atoms with Gasteiger partial charge in [-0.25, -0.2) is 9.78 Å². The van der Waals surface area contributed by atoms with E-state index in [1.165, 1.54) is 11.3 Å². The van der Waals surface area contributed by atoms with Crippen LogP contribution in [0.15, 0.2) is 24.0 Å². The first-order chi connectivity index (χ1) is 7.81. The zero-order chi connectivity index (χ0) is 11.4. The molecule has 0 aliphatic carbocycles. The van der Waals surface area contributed by atoms with Crippen LogP contribution in [0.25, 0.3) is 10.7 Å². The molecule has 0 radical (unpaired) electrons. The van der Waals surface area contributed by atoms with Crippen molar-refractivity contribution in [2.24, 2.45) is 0 Å². The minimum absolute atomic E-state index is 0.313. The Labute approximate surface area is 96.2 Å². The van der Waals surface area contributed by atoms with E-state index in [1.807, 2.05) is 0 Å². The number of carbonyl (C=O) groups is 1. The highest BCUT2D eigenvalue weighted by Gasteiger charge is 2.12. The number of ether oxygens (including phenoxy) is 1. The van der Waals surface area contributed by atoms with E-state index in [9.17, 15) is 4.79 Å². The zero-order valence-electron chi connectivity index (χ0n) is 8.58. The number of hydrogen-bond donors (Lipinski definition) is 0. The van der Waals surface area contributed by atoms with Gasteiger partial charge in [0.2, 0.25) is 0 Å². The number of thiazole rings is 1. The van der Waals surface area contributed by atoms with Gasteiger partial charge >= 0.3 is 5.97 Å². The maximum Gasteiger partial charge on any atom is 0.357 e. The standard InChI is InChI=1S/C10H9N3O2S/c1-2-15-10(14)8-6-16-9(13-8)7-5-11-3-4-12-7/h3-6H,2H2,1H3. The van der Waals surface area contributed by atoms with E-state index in [2.05, 4.69) is 15.0 Å². The van der Waals surface area contributed by atoms with Gasteiger partial charge in [0, 0.05) is 17.8 Å². The Kier molecular flexibility index (Phi) is 3.21. The van der Waals surface area contributed by atoms with Gasteiger partial charge in [-0.2, -0.15) is 0 Å². The van der Waals surface area contributed by atoms with Crippen LogP contribution >= 0.6 is 11.3 Å². The monoisotopic (exact) mass is 235 g/mol. The smallest absolute Gasteiger partial charge is 0.357 e. The van der Waals surface area contributed by atoms with E-state index in [1.54, 1.807) is 30.9 Å². The van der Waals surface area contributed by atoms with Gasteiger partial charge in [-0.15, -0.1) is 11.3 Å². The number of aromatic nitrogens is 3. The normalized spacial score (nSPS) is 10.1. The summed E-state index contributed by atoms with van der Waals surface area (Å²) in [6.07, 6.45) is 4.78. The second-order valence-corrected chi connectivity index (χ2v) is 3.71. The van der Waals surface area contributed by atoms with Crippen molar-refractivity contribution in [2.45, 2.75) is 6.92 Å². The summed E-state index contributed by atoms with van der Waals surface area (Å²) in [5, 5.41) is 2.32. The van der Waals surface area contributed by atoms with Crippen molar-refractivity contribution < 1.29 is 9.53 Å². The summed E-state index contributed by atoms with van der Waals surface area (Å²) in [5.41, 5.74) is 0.968. The van der Waals surface area contributed by atoms with Gasteiger partial charge in [-0.05, 0) is 6.92 Å². The van der Waals surface area contributed by atoms with Crippen molar-refractivity contribution in [1.29, 1.82) is 0 Å². The summed E-state index contributed by atoms with van der Waals surface area (Å²) in [6.45, 7) is 2.10. The lowest BCUT2D eigenvalue weighted by Gasteiger charge is -1.96. The first kappa shape index (κ1) is 10.7. The summed E-state index contributed by atoms with van der Waals surface area (Å²) in [7, 11) is 0. The highest BCUT2D eigenvalue weighted by Crippen LogP contribution is 2.20. The van der Waals surface area contributed by atoms with E-state index in [4.69, 9.17) is 4.74 Å². The van der Waals surface area contributed by atoms with E-state index >= 15 is 0 Å². The molecule has 6 heteroatoms. The van der Waals surface area contributed by atoms with Crippen molar-refractivity contribution in [2.75, 3.05) is 6.61 Å². The molecular weight excluding hydrogens is 226 g/mol. The Hall–Kier alpha value is -1.82. The molecule has 0 spiro atoms. The van der Waals surface area contributed by atoms with Crippen molar-refractivity contribution in [1.82, 2.24) is 15.0 Å². The van der Waals surface area contributed by atoms with Gasteiger partial charge in [0.05, 0.1) is 12.8 Å². The Balaban J connectivity index is 2.23. The highest BCUT2D eigenvalue weighted by molar-refractivity contribution is 7.13. The topological polar surface area (TPSA) is 65.0 Å². The summed E-state index contributed by atoms with van der Waals surface area (Å²) < 4.78 is 4.85. The predicted molar refractivity (Wildman–Crippen MR) is 59.1 cm³/mol. The molecule has 2 heterocycles. The Morgan fingerprint density at radius 3 is 3.06 bits per heavy atom. The summed E-state index contributed by atoms with van der Waals surface area (Å²) in [4.78, 5) is 23.6. The maximum absolute atomic E-state index is 11.4. The molecule has 0 aliphatic heterocycles. The molecule has 2 aromatic heterocycles. The van der Waals surface area contributed by atoms with Gasteiger partial charge < -0.3 is 4.74 Å². The first-order valence-electron chi connectivity index (χ1n) is 4.70. The van der Waals surface area contributed by atoms with E-state index < -0.39 is 5.97 Å². The van der Waals surface area contributed by atoms with Crippen LogP contribution in [-0.2, 0) is 4.74 Å². The van der Waals surface area contributed by atoms with E-state index in [0.717, 1.165) is 0 Å². The van der Waals surface area contributed by atoms with Crippen LogP contribution in [0, 0.1) is 0 Å². The first-order valence-corrected chi connectivity index (χ1v) is 5.58. The molecule has 2 aromatic rings. The third-order valence-corrected chi connectivity index (χ3v) is 2.64. The van der Waals surface area contributed by atoms with Crippen LogP contribution < -0.4 is 0 Å². The highest BCUT2D eigenvalue weighted by atomic mass is 32.1. The molecule has 0 N–H and O–H groups in total. The van der Waals surface area contributed by atoms with Crippen molar-refractivity contribution >= 4 is 17.3 Å². The molecule has 0 saturated carbocycles. The fourth-order valence-electron chi connectivity index (χ4n) is 1.10. The Morgan fingerprint density at radius 1 is 1.50 bits per heavy atom. The van der Waals surface area contributed by atoms with Crippen LogP contribution in [0.1, 0.15) is 17.4 Å². The number of hydrogen-bond acceptors (Lipinski definition) is 6. The van der Waals surface area contributed by atoms with E-state index in [0.29, 0.717) is 23.0 Å². The quantitative estimate of drug-likeness (QED) is 0.759. The minimum atomic E-state index is -0.408. The molecule has 5 nitrogen and oxygen atoms in total. The lowest BCUT2D eigenvalue weighted by Crippen LogP contribution is -2.04. The fourth-order valence-corrected chi connectivity index (χ4v) is 1.85. The average Bonchev–Trinajstić information content (AvgIpc) is 2.80. The molecule has 0 bridgehead atoms. The molecule has 0 aromatic carbocycles. The Morgan fingerprint density at radius 2 is 2.38 bits per heavy atom. The summed E-state index contributed by atoms with van der Waals surface area (Å²) in [5.74, 6) is -0.408. The minimum Gasteiger partial charge on any atom is -0.461 e. The molecule has 82 valence electrons. The molecule has 0 amide bonds. The predicted octanol–water partition coefficient (Wildman–Crippen LogP) is 1.78. The molecule has 0 fully saturated rings. The maximum atomic E-state index is 11.4. The number of rotatable bonds is 3. The third-order valence-electron chi connectivity index (χ3n) is 1.77. The van der Waals surface area contributed by atoms with Gasteiger partial charge in [0.25, 0.3) is 0 Å². The number of nitrogens with zero attached hydrogens (tertiary/aromatic N) is 3. The molecule has 2 rings (SSSR count). The zero-order valence-corrected chi connectivity index (χ0v) is 9.40. The molecule has 0 unspecified atom stereocenters. The van der Waals surface area contributed by atoms with Crippen molar-refractivity contribution in [3.05, 3.63) is 29.7 Å². The third kappa shape index (κ3) is 2.22. The van der Waals surface area contributed by atoms with Gasteiger partial charge in [-0.3, -0.25) is 9.97 Å². The Bertz CT molecular complexity index is 484. The van der Waals surface area contributed by atoms with Crippen LogP contribution in [0.2, 0.25) is 0 Å². The summed E-state index contributed by atoms with van der Waals surface area (Å²) in [6, 6.07) is 0. The molecule has 16 heavy (non-hydrogen) atoms. The van der Waals surface area contributed by atoms with Crippen LogP contribution in [0.4, 0.5) is 0 Å². The average molecular weight is 235 g/mol. The van der Waals surface area contributed by atoms with Crippen LogP contribution in [0.5, 0.6) is 0 Å². The molecule has 0 atom stereocenters. The molecular formula is C10H9N3O2S. The fraction of sp³-hybridized carbons (Fsp3) is 0.200. The molecule has 0 saturated heterocycles. The van der Waals surface area contributed by atoms with Crippen molar-refractivity contribution in [3.63, 3.8) is 0 Å². The van der Waals surface area contributed by atoms with Crippen molar-refractivity contribution in [3.8, 4) is 10.7 Å². The van der Waals surface area contributed by atoms with Gasteiger partial charge in [0.15, 0.2) is 5.69 Å². The molecule has 0 aliphatic rings. The second kappa shape index (κ2) is 4.80. The largest absolute Gasteiger partial charge is 0.461 e. The second-order valence-electron chi connectivity index (χ2n) is 2.85. The summed E-state index contributed by atoms with van der Waals surface area (Å²) >= 11 is 1.34. The number of carbonyl (C=O) groups excluding carboxylic acids is 1. The van der Waals surface area contributed by atoms with Crippen LogP contribution in [-0.4, -0.2) is 27.5 Å². The van der Waals surface area contributed by atoms with Gasteiger partial charge in [0.1, 0.15) is 10.7 Å². The lowest BCUT2D eigenvalue weighted by atomic mass is 10.4. The SMILES string of the molecule is CCOC(=O)c1csc(-c2cnccn2)n1. The van der Waals surface area contributed by atoms with E-state index in [-0.39, 0.29) is 0 Å². The van der Waals surface area contributed by atoms with Gasteiger partial charge in [-0.1, -0.05) is 0 Å².